The third kappa shape index (κ3) is 2.01. The first kappa shape index (κ1) is 19.7. The number of fused-ring (bicyclic) bond motifs is 1. The van der Waals surface area contributed by atoms with Crippen LogP contribution in [-0.4, -0.2) is 16.4 Å². The van der Waals surface area contributed by atoms with Gasteiger partial charge in [-0.2, -0.15) is 0 Å². The van der Waals surface area contributed by atoms with Crippen LogP contribution >= 0.6 is 15.9 Å². The molecule has 0 heterocycles. The molecule has 3 heteroatoms. The highest BCUT2D eigenvalue weighted by molar-refractivity contribution is 9.10. The van der Waals surface area contributed by atoms with Gasteiger partial charge in [0.1, 0.15) is 0 Å². The van der Waals surface area contributed by atoms with Gasteiger partial charge < -0.3 is 0 Å². The Labute approximate surface area is 194 Å². The summed E-state index contributed by atoms with van der Waals surface area (Å²) in [5.74, 6) is 4.32. The molecule has 166 valence electrons. The molecule has 2 nitrogen and oxygen atoms in total. The van der Waals surface area contributed by atoms with Gasteiger partial charge in [0.25, 0.3) is 0 Å². The Kier molecular flexibility index (Phi) is 3.61. The van der Waals surface area contributed by atoms with Crippen molar-refractivity contribution < 1.29 is 9.59 Å². The average molecular weight is 483 g/mol. The van der Waals surface area contributed by atoms with Crippen molar-refractivity contribution in [2.45, 2.75) is 77.5 Å². The highest BCUT2D eigenvalue weighted by Crippen LogP contribution is 2.81. The minimum Gasteiger partial charge on any atom is -0.297 e. The molecule has 0 N–H and O–H groups in total. The lowest BCUT2D eigenvalue weighted by Crippen LogP contribution is -2.75. The molecule has 0 saturated heterocycles. The highest BCUT2D eigenvalue weighted by Gasteiger charge is 2.78. The zero-order valence-electron chi connectivity index (χ0n) is 19.3. The van der Waals surface area contributed by atoms with Crippen LogP contribution in [-0.2, 0) is 9.59 Å². The molecule has 0 unspecified atom stereocenters. The molecule has 0 aromatic heterocycles. The molecule has 8 rings (SSSR count). The monoisotopic (exact) mass is 482 g/mol. The fourth-order valence-corrected chi connectivity index (χ4v) is 11.3. The second-order valence-electron chi connectivity index (χ2n) is 13.4. The van der Waals surface area contributed by atoms with Crippen LogP contribution in [0, 0.1) is 57.7 Å². The average Bonchev–Trinajstić information content (AvgIpc) is 2.70. The molecule has 8 aliphatic carbocycles. The number of rotatable bonds is 0. The summed E-state index contributed by atoms with van der Waals surface area (Å²) in [7, 11) is 0. The van der Waals surface area contributed by atoms with Crippen molar-refractivity contribution in [2.75, 3.05) is 0 Å². The van der Waals surface area contributed by atoms with Crippen LogP contribution in [0.3, 0.4) is 0 Å². The first-order chi connectivity index (χ1) is 14.6. The second kappa shape index (κ2) is 5.68. The SMILES string of the molecule is CC1(C)C[C@@H]2[C@@H]3C4=C(CCCC4=O)[C@H]([C@@H]21)[C@]12C(=O)[C@H](Br)CCC1=C[C@@H]1[C@@H](CC1(C)C)[C@H]32. The van der Waals surface area contributed by atoms with Crippen LogP contribution in [0.1, 0.15) is 72.6 Å². The van der Waals surface area contributed by atoms with E-state index in [0.29, 0.717) is 58.4 Å². The van der Waals surface area contributed by atoms with Gasteiger partial charge in [0.05, 0.1) is 10.2 Å². The number of alkyl halides is 1. The Morgan fingerprint density at radius 2 is 1.68 bits per heavy atom. The molecule has 0 radical (unpaired) electrons. The van der Waals surface area contributed by atoms with E-state index in [1.54, 1.807) is 0 Å². The lowest BCUT2D eigenvalue weighted by Gasteiger charge is -2.77. The number of hydrogen-bond donors (Lipinski definition) is 0. The van der Waals surface area contributed by atoms with Crippen molar-refractivity contribution in [2.24, 2.45) is 57.7 Å². The number of carbonyl (C=O) groups excluding carboxylic acids is 2. The summed E-state index contributed by atoms with van der Waals surface area (Å²) in [6.07, 6.45) is 9.85. The van der Waals surface area contributed by atoms with Crippen molar-refractivity contribution in [3.8, 4) is 0 Å². The number of halogens is 1. The number of hydrogen-bond acceptors (Lipinski definition) is 2. The van der Waals surface area contributed by atoms with Gasteiger partial charge in [0.15, 0.2) is 11.6 Å². The first-order valence-corrected chi connectivity index (χ1v) is 13.7. The minimum absolute atomic E-state index is 0.0129. The molecule has 2 bridgehead atoms. The maximum Gasteiger partial charge on any atom is 0.159 e. The maximum absolute atomic E-state index is 14.4. The molecule has 0 aliphatic heterocycles. The van der Waals surface area contributed by atoms with Gasteiger partial charge in [-0.1, -0.05) is 60.8 Å². The molecule has 9 atom stereocenters. The van der Waals surface area contributed by atoms with Crippen LogP contribution in [0.5, 0.6) is 0 Å². The molecule has 0 aromatic carbocycles. The molecular formula is C28H35BrO2. The van der Waals surface area contributed by atoms with Crippen LogP contribution < -0.4 is 0 Å². The van der Waals surface area contributed by atoms with Crippen LogP contribution in [0.15, 0.2) is 22.8 Å². The molecule has 1 spiro atoms. The van der Waals surface area contributed by atoms with Gasteiger partial charge in [-0.05, 0) is 90.4 Å². The van der Waals surface area contributed by atoms with E-state index in [0.717, 1.165) is 32.1 Å². The quantitative estimate of drug-likeness (QED) is 0.300. The van der Waals surface area contributed by atoms with E-state index >= 15 is 0 Å². The Bertz CT molecular complexity index is 998. The van der Waals surface area contributed by atoms with Gasteiger partial charge in [-0.3, -0.25) is 9.59 Å². The maximum atomic E-state index is 14.4. The molecule has 0 amide bonds. The minimum atomic E-state index is -0.315. The van der Waals surface area contributed by atoms with E-state index in [9.17, 15) is 9.59 Å². The smallest absolute Gasteiger partial charge is 0.159 e. The number of allylic oxidation sites excluding steroid dienone is 4. The van der Waals surface area contributed by atoms with Crippen LogP contribution in [0.2, 0.25) is 0 Å². The third-order valence-corrected chi connectivity index (χ3v) is 12.3. The van der Waals surface area contributed by atoms with Crippen molar-refractivity contribution in [3.63, 3.8) is 0 Å². The fourth-order valence-electron chi connectivity index (χ4n) is 10.7. The summed E-state index contributed by atoms with van der Waals surface area (Å²) in [5.41, 5.74) is 4.49. The summed E-state index contributed by atoms with van der Waals surface area (Å²) in [5, 5.41) is 0. The largest absolute Gasteiger partial charge is 0.297 e. The Morgan fingerprint density at radius 3 is 2.39 bits per heavy atom. The Hall–Kier alpha value is -0.700. The van der Waals surface area contributed by atoms with Gasteiger partial charge in [0.2, 0.25) is 0 Å². The molecule has 8 aliphatic rings. The van der Waals surface area contributed by atoms with E-state index in [1.807, 2.05) is 0 Å². The number of ketones is 2. The third-order valence-electron chi connectivity index (χ3n) is 11.4. The summed E-state index contributed by atoms with van der Waals surface area (Å²) >= 11 is 3.84. The summed E-state index contributed by atoms with van der Waals surface area (Å²) in [6, 6.07) is 0. The van der Waals surface area contributed by atoms with Crippen molar-refractivity contribution in [3.05, 3.63) is 22.8 Å². The highest BCUT2D eigenvalue weighted by atomic mass is 79.9. The predicted molar refractivity (Wildman–Crippen MR) is 125 cm³/mol. The Balaban J connectivity index is 1.53. The van der Waals surface area contributed by atoms with Crippen molar-refractivity contribution >= 4 is 27.5 Å². The fraction of sp³-hybridized carbons (Fsp3) is 0.786. The lowest BCUT2D eigenvalue weighted by atomic mass is 9.26. The van der Waals surface area contributed by atoms with Crippen LogP contribution in [0.4, 0.5) is 0 Å². The van der Waals surface area contributed by atoms with Crippen molar-refractivity contribution in [1.82, 2.24) is 0 Å². The molecular weight excluding hydrogens is 448 g/mol. The molecule has 4 fully saturated rings. The summed E-state index contributed by atoms with van der Waals surface area (Å²) < 4.78 is 0. The first-order valence-electron chi connectivity index (χ1n) is 12.8. The van der Waals surface area contributed by atoms with E-state index < -0.39 is 0 Å². The number of carbonyl (C=O) groups is 2. The molecule has 0 aromatic rings. The molecule has 4 saturated carbocycles. The van der Waals surface area contributed by atoms with E-state index in [-0.39, 0.29) is 15.7 Å². The van der Waals surface area contributed by atoms with Crippen molar-refractivity contribution in [1.29, 1.82) is 0 Å². The summed E-state index contributed by atoms with van der Waals surface area (Å²) in [6.45, 7) is 9.71. The second-order valence-corrected chi connectivity index (χ2v) is 14.5. The number of Topliss-reactive ketones (excluding diaryl/α,β-unsaturated/α-hetero) is 2. The Morgan fingerprint density at radius 1 is 0.935 bits per heavy atom. The standard InChI is InChI=1S/C28H35BrO2/c1-26(2)11-15-17(26)10-13-8-9-18(29)25(31)28(13)22(15)21-16-12-27(3,4)23(16)24(28)14-6-5-7-19(30)20(14)21/h10,15-18,21-24H,5-9,11-12H2,1-4H3/t15-,16-,17-,18-,21-,22-,23-,24-,28+/m1/s1. The lowest BCUT2D eigenvalue weighted by molar-refractivity contribution is -0.223. The van der Waals surface area contributed by atoms with Crippen LogP contribution in [0.25, 0.3) is 0 Å². The topological polar surface area (TPSA) is 34.1 Å². The van der Waals surface area contributed by atoms with Gasteiger partial charge >= 0.3 is 0 Å². The van der Waals surface area contributed by atoms with E-state index in [4.69, 9.17) is 0 Å². The van der Waals surface area contributed by atoms with E-state index in [1.165, 1.54) is 29.6 Å². The van der Waals surface area contributed by atoms with Gasteiger partial charge in [-0.25, -0.2) is 0 Å². The normalized spacial score (nSPS) is 52.6. The summed E-state index contributed by atoms with van der Waals surface area (Å²) in [4.78, 5) is 27.8. The zero-order valence-corrected chi connectivity index (χ0v) is 20.9. The predicted octanol–water partition coefficient (Wildman–Crippen LogP) is 6.29. The van der Waals surface area contributed by atoms with E-state index in [2.05, 4.69) is 49.7 Å². The molecule has 31 heavy (non-hydrogen) atoms. The van der Waals surface area contributed by atoms with Gasteiger partial charge in [0, 0.05) is 12.3 Å². The van der Waals surface area contributed by atoms with Gasteiger partial charge in [-0.15, -0.1) is 0 Å². The zero-order chi connectivity index (χ0) is 21.7.